The van der Waals surface area contributed by atoms with Crippen LogP contribution in [0.2, 0.25) is 0 Å². The molecule has 1 atom stereocenters. The number of nitrogens with zero attached hydrogens (tertiary/aromatic N) is 1. The third kappa shape index (κ3) is 3.86. The lowest BCUT2D eigenvalue weighted by molar-refractivity contribution is -0.139. The third-order valence-corrected chi connectivity index (χ3v) is 5.17. The van der Waals surface area contributed by atoms with Gasteiger partial charge in [0.25, 0.3) is 0 Å². The van der Waals surface area contributed by atoms with Crippen molar-refractivity contribution in [3.63, 3.8) is 0 Å². The fourth-order valence-electron chi connectivity index (χ4n) is 3.70. The molecule has 23 heavy (non-hydrogen) atoms. The zero-order valence-corrected chi connectivity index (χ0v) is 14.3. The highest BCUT2D eigenvalue weighted by Gasteiger charge is 2.40. The van der Waals surface area contributed by atoms with Gasteiger partial charge in [-0.05, 0) is 36.9 Å². The van der Waals surface area contributed by atoms with Gasteiger partial charge >= 0.3 is 0 Å². The summed E-state index contributed by atoms with van der Waals surface area (Å²) >= 11 is 0. The predicted molar refractivity (Wildman–Crippen MR) is 91.5 cm³/mol. The average molecular weight is 316 g/mol. The van der Waals surface area contributed by atoms with Gasteiger partial charge in [-0.3, -0.25) is 4.79 Å². The Balaban J connectivity index is 1.53. The number of amides is 1. The number of para-hydroxylation sites is 1. The predicted octanol–water partition coefficient (Wildman–Crippen LogP) is 2.83. The van der Waals surface area contributed by atoms with E-state index in [9.17, 15) is 4.79 Å². The van der Waals surface area contributed by atoms with Crippen LogP contribution in [0.15, 0.2) is 30.3 Å². The monoisotopic (exact) mass is 316 g/mol. The van der Waals surface area contributed by atoms with Crippen molar-refractivity contribution >= 4 is 5.91 Å². The molecule has 2 heterocycles. The molecule has 1 N–H and O–H groups in total. The van der Waals surface area contributed by atoms with Crippen molar-refractivity contribution in [2.45, 2.75) is 51.7 Å². The first-order chi connectivity index (χ1) is 11.1. The van der Waals surface area contributed by atoms with E-state index in [0.717, 1.165) is 51.1 Å². The van der Waals surface area contributed by atoms with Crippen molar-refractivity contribution < 1.29 is 9.53 Å². The van der Waals surface area contributed by atoms with Gasteiger partial charge in [-0.1, -0.05) is 32.0 Å². The molecule has 4 nitrogen and oxygen atoms in total. The summed E-state index contributed by atoms with van der Waals surface area (Å²) in [6.07, 6.45) is 4.31. The molecule has 1 aromatic carbocycles. The lowest BCUT2D eigenvalue weighted by atomic mass is 9.77. The van der Waals surface area contributed by atoms with Crippen LogP contribution in [0.5, 0.6) is 5.75 Å². The van der Waals surface area contributed by atoms with Gasteiger partial charge < -0.3 is 15.0 Å². The van der Waals surface area contributed by atoms with E-state index in [4.69, 9.17) is 4.74 Å². The molecule has 3 rings (SSSR count). The minimum atomic E-state index is -0.0390. The second-order valence-electron chi connectivity index (χ2n) is 7.43. The summed E-state index contributed by atoms with van der Waals surface area (Å²) < 4.78 is 6.02. The highest BCUT2D eigenvalue weighted by molar-refractivity contribution is 5.83. The standard InChI is InChI=1S/C19H28N2O2/c1-19(2)11-6-12-20-17(19)18(22)21-13-9-16(10-14-21)23-15-7-4-3-5-8-15/h3-5,7-8,16-17,20H,6,9-14H2,1-2H3. The Morgan fingerprint density at radius 3 is 2.57 bits per heavy atom. The van der Waals surface area contributed by atoms with Gasteiger partial charge in [0.1, 0.15) is 11.9 Å². The van der Waals surface area contributed by atoms with E-state index >= 15 is 0 Å². The second-order valence-corrected chi connectivity index (χ2v) is 7.43. The molecule has 126 valence electrons. The smallest absolute Gasteiger partial charge is 0.240 e. The van der Waals surface area contributed by atoms with Gasteiger partial charge in [0.05, 0.1) is 6.04 Å². The normalized spacial score (nSPS) is 25.1. The molecular weight excluding hydrogens is 288 g/mol. The van der Waals surface area contributed by atoms with E-state index < -0.39 is 0 Å². The summed E-state index contributed by atoms with van der Waals surface area (Å²) in [4.78, 5) is 14.9. The Morgan fingerprint density at radius 1 is 1.22 bits per heavy atom. The van der Waals surface area contributed by atoms with E-state index in [2.05, 4.69) is 19.2 Å². The number of hydrogen-bond donors (Lipinski definition) is 1. The van der Waals surface area contributed by atoms with E-state index in [-0.39, 0.29) is 23.5 Å². The molecule has 0 bridgehead atoms. The van der Waals surface area contributed by atoms with Gasteiger partial charge in [0.2, 0.25) is 5.91 Å². The number of nitrogens with one attached hydrogen (secondary N) is 1. The number of hydrogen-bond acceptors (Lipinski definition) is 3. The molecule has 1 aromatic rings. The van der Waals surface area contributed by atoms with Crippen molar-refractivity contribution in [3.05, 3.63) is 30.3 Å². The van der Waals surface area contributed by atoms with Crippen LogP contribution in [0.1, 0.15) is 39.5 Å². The zero-order valence-electron chi connectivity index (χ0n) is 14.3. The molecule has 0 aliphatic carbocycles. The number of rotatable bonds is 3. The van der Waals surface area contributed by atoms with Crippen LogP contribution < -0.4 is 10.1 Å². The summed E-state index contributed by atoms with van der Waals surface area (Å²) in [7, 11) is 0. The number of piperidine rings is 2. The highest BCUT2D eigenvalue weighted by atomic mass is 16.5. The van der Waals surface area contributed by atoms with Crippen LogP contribution in [0.25, 0.3) is 0 Å². The van der Waals surface area contributed by atoms with E-state index in [0.29, 0.717) is 0 Å². The molecule has 2 saturated heterocycles. The Hall–Kier alpha value is -1.55. The van der Waals surface area contributed by atoms with Crippen LogP contribution in [-0.4, -0.2) is 42.6 Å². The van der Waals surface area contributed by atoms with Crippen molar-refractivity contribution in [2.24, 2.45) is 5.41 Å². The van der Waals surface area contributed by atoms with Crippen LogP contribution in [0.4, 0.5) is 0 Å². The molecule has 2 fully saturated rings. The number of carbonyl (C=O) groups is 1. The summed E-state index contributed by atoms with van der Waals surface area (Å²) in [5.41, 5.74) is 0.0483. The van der Waals surface area contributed by atoms with Crippen molar-refractivity contribution in [3.8, 4) is 5.75 Å². The summed E-state index contributed by atoms with van der Waals surface area (Å²) in [6.45, 7) is 6.95. The van der Waals surface area contributed by atoms with Gasteiger partial charge in [-0.25, -0.2) is 0 Å². The number of carbonyl (C=O) groups excluding carboxylic acids is 1. The molecule has 0 radical (unpaired) electrons. The van der Waals surface area contributed by atoms with Crippen LogP contribution in [0, 0.1) is 5.41 Å². The lowest BCUT2D eigenvalue weighted by Gasteiger charge is -2.42. The van der Waals surface area contributed by atoms with Gasteiger partial charge in [-0.2, -0.15) is 0 Å². The summed E-state index contributed by atoms with van der Waals surface area (Å²) in [5, 5.41) is 3.44. The van der Waals surface area contributed by atoms with Crippen LogP contribution in [-0.2, 0) is 4.79 Å². The van der Waals surface area contributed by atoms with Gasteiger partial charge in [0.15, 0.2) is 0 Å². The topological polar surface area (TPSA) is 41.6 Å². The van der Waals surface area contributed by atoms with Crippen molar-refractivity contribution in [1.82, 2.24) is 10.2 Å². The maximum Gasteiger partial charge on any atom is 0.240 e. The van der Waals surface area contributed by atoms with Crippen LogP contribution >= 0.6 is 0 Å². The van der Waals surface area contributed by atoms with E-state index in [1.54, 1.807) is 0 Å². The number of ether oxygens (including phenoxy) is 1. The molecule has 0 aromatic heterocycles. The number of likely N-dealkylation sites (tertiary alicyclic amines) is 1. The van der Waals surface area contributed by atoms with Gasteiger partial charge in [-0.15, -0.1) is 0 Å². The Bertz CT molecular complexity index is 521. The molecule has 0 spiro atoms. The SMILES string of the molecule is CC1(C)CCCNC1C(=O)N1CCC(Oc2ccccc2)CC1. The molecule has 2 aliphatic heterocycles. The largest absolute Gasteiger partial charge is 0.490 e. The van der Waals surface area contributed by atoms with E-state index in [1.807, 2.05) is 35.2 Å². The maximum atomic E-state index is 12.9. The van der Waals surface area contributed by atoms with Gasteiger partial charge in [0, 0.05) is 25.9 Å². The van der Waals surface area contributed by atoms with Crippen molar-refractivity contribution in [2.75, 3.05) is 19.6 Å². The van der Waals surface area contributed by atoms with Crippen molar-refractivity contribution in [1.29, 1.82) is 0 Å². The zero-order chi connectivity index (χ0) is 16.3. The highest BCUT2D eigenvalue weighted by Crippen LogP contribution is 2.31. The first-order valence-electron chi connectivity index (χ1n) is 8.80. The molecule has 1 amide bonds. The van der Waals surface area contributed by atoms with E-state index in [1.165, 1.54) is 0 Å². The maximum absolute atomic E-state index is 12.9. The molecular formula is C19H28N2O2. The van der Waals surface area contributed by atoms with Crippen LogP contribution in [0.3, 0.4) is 0 Å². The summed E-state index contributed by atoms with van der Waals surface area (Å²) in [5.74, 6) is 1.19. The molecule has 1 unspecified atom stereocenters. The first kappa shape index (κ1) is 16.3. The third-order valence-electron chi connectivity index (χ3n) is 5.17. The molecule has 0 saturated carbocycles. The Labute approximate surface area is 139 Å². The first-order valence-corrected chi connectivity index (χ1v) is 8.80. The molecule has 2 aliphatic rings. The lowest BCUT2D eigenvalue weighted by Crippen LogP contribution is -2.58. The quantitative estimate of drug-likeness (QED) is 0.932. The minimum Gasteiger partial charge on any atom is -0.490 e. The minimum absolute atomic E-state index is 0.0390. The fourth-order valence-corrected chi connectivity index (χ4v) is 3.70. The summed E-state index contributed by atoms with van der Waals surface area (Å²) in [6, 6.07) is 9.92. The number of benzene rings is 1. The fraction of sp³-hybridized carbons (Fsp3) is 0.632. The molecule has 4 heteroatoms. The Morgan fingerprint density at radius 2 is 1.91 bits per heavy atom. The second kappa shape index (κ2) is 6.91. The Kier molecular flexibility index (Phi) is 4.90. The average Bonchev–Trinajstić information content (AvgIpc) is 2.55.